The lowest BCUT2D eigenvalue weighted by molar-refractivity contribution is 0.0588. The predicted octanol–water partition coefficient (Wildman–Crippen LogP) is -0.358. The fraction of sp³-hybridized carbons (Fsp3) is 0.444. The lowest BCUT2D eigenvalue weighted by Crippen LogP contribution is -2.11. The summed E-state index contributed by atoms with van der Waals surface area (Å²) in [6.45, 7) is 0.383. The molecule has 0 aliphatic rings. The van der Waals surface area contributed by atoms with Crippen LogP contribution < -0.4 is 0 Å². The van der Waals surface area contributed by atoms with E-state index in [0.29, 0.717) is 11.6 Å². The Morgan fingerprint density at radius 2 is 2.33 bits per heavy atom. The van der Waals surface area contributed by atoms with Crippen LogP contribution in [0.2, 0.25) is 0 Å². The molecule has 0 radical (unpaired) electrons. The van der Waals surface area contributed by atoms with Gasteiger partial charge in [-0.1, -0.05) is 10.4 Å². The molecule has 0 atom stereocenters. The van der Waals surface area contributed by atoms with Gasteiger partial charge in [-0.15, -0.1) is 5.10 Å². The maximum atomic E-state index is 11.5. The summed E-state index contributed by atoms with van der Waals surface area (Å²) in [4.78, 5) is 15.3. The molecule has 0 spiro atoms. The molecule has 96 valence electrons. The molecule has 2 aromatic rings. The minimum Gasteiger partial charge on any atom is -0.464 e. The standard InChI is InChI=1S/C9H11N5O4/c1-16-4-6-8(9(15)17-2)12-13-14(6)3-7-10-5-11-18-7/h5H,3-4H2,1-2H3. The molecule has 0 N–H and O–H groups in total. The van der Waals surface area contributed by atoms with E-state index in [2.05, 4.69) is 25.2 Å². The Balaban J connectivity index is 2.29. The highest BCUT2D eigenvalue weighted by Crippen LogP contribution is 2.10. The lowest BCUT2D eigenvalue weighted by atomic mass is 10.3. The Morgan fingerprint density at radius 1 is 1.50 bits per heavy atom. The maximum Gasteiger partial charge on any atom is 0.360 e. The summed E-state index contributed by atoms with van der Waals surface area (Å²) in [6.07, 6.45) is 1.28. The molecule has 0 saturated carbocycles. The Morgan fingerprint density at radius 3 is 2.94 bits per heavy atom. The van der Waals surface area contributed by atoms with Crippen molar-refractivity contribution in [1.29, 1.82) is 0 Å². The van der Waals surface area contributed by atoms with E-state index >= 15 is 0 Å². The van der Waals surface area contributed by atoms with Crippen LogP contribution in [0.25, 0.3) is 0 Å². The smallest absolute Gasteiger partial charge is 0.360 e. The first-order valence-electron chi connectivity index (χ1n) is 5.01. The average molecular weight is 253 g/mol. The maximum absolute atomic E-state index is 11.5. The van der Waals surface area contributed by atoms with E-state index in [0.717, 1.165) is 0 Å². The molecule has 2 aromatic heterocycles. The third-order valence-electron chi connectivity index (χ3n) is 2.19. The van der Waals surface area contributed by atoms with Crippen molar-refractivity contribution in [3.8, 4) is 0 Å². The van der Waals surface area contributed by atoms with Gasteiger partial charge >= 0.3 is 5.97 Å². The number of esters is 1. The third kappa shape index (κ3) is 2.35. The number of aromatic nitrogens is 5. The fourth-order valence-corrected chi connectivity index (χ4v) is 1.39. The first kappa shape index (κ1) is 12.2. The van der Waals surface area contributed by atoms with Gasteiger partial charge in [0.15, 0.2) is 12.0 Å². The zero-order valence-electron chi connectivity index (χ0n) is 9.86. The van der Waals surface area contributed by atoms with Crippen LogP contribution >= 0.6 is 0 Å². The van der Waals surface area contributed by atoms with Crippen LogP contribution in [0.3, 0.4) is 0 Å². The van der Waals surface area contributed by atoms with E-state index in [1.54, 1.807) is 0 Å². The van der Waals surface area contributed by atoms with Crippen molar-refractivity contribution < 1.29 is 18.8 Å². The van der Waals surface area contributed by atoms with Crippen molar-refractivity contribution in [2.75, 3.05) is 14.2 Å². The Bertz CT molecular complexity index is 521. The largest absolute Gasteiger partial charge is 0.464 e. The van der Waals surface area contributed by atoms with Crippen LogP contribution in [0.15, 0.2) is 10.9 Å². The van der Waals surface area contributed by atoms with Gasteiger partial charge in [-0.3, -0.25) is 0 Å². The van der Waals surface area contributed by atoms with Gasteiger partial charge in [0.2, 0.25) is 5.89 Å². The summed E-state index contributed by atoms with van der Waals surface area (Å²) in [5.41, 5.74) is 0.599. The van der Waals surface area contributed by atoms with E-state index in [1.807, 2.05) is 0 Å². The second kappa shape index (κ2) is 5.36. The monoisotopic (exact) mass is 253 g/mol. The SMILES string of the molecule is COCc1c(C(=O)OC)nnn1Cc1ncno1. The van der Waals surface area contributed by atoms with Crippen LogP contribution in [0.5, 0.6) is 0 Å². The predicted molar refractivity (Wildman–Crippen MR) is 55.5 cm³/mol. The molecule has 0 bridgehead atoms. The van der Waals surface area contributed by atoms with Gasteiger partial charge in [0, 0.05) is 7.11 Å². The number of hydrogen-bond donors (Lipinski definition) is 0. The van der Waals surface area contributed by atoms with Crippen molar-refractivity contribution >= 4 is 5.97 Å². The highest BCUT2D eigenvalue weighted by atomic mass is 16.5. The Hall–Kier alpha value is -2.29. The fourth-order valence-electron chi connectivity index (χ4n) is 1.39. The molecule has 18 heavy (non-hydrogen) atoms. The first-order valence-corrected chi connectivity index (χ1v) is 5.01. The zero-order chi connectivity index (χ0) is 13.0. The van der Waals surface area contributed by atoms with Crippen molar-refractivity contribution in [2.45, 2.75) is 13.2 Å². The molecule has 0 saturated heterocycles. The second-order valence-corrected chi connectivity index (χ2v) is 3.30. The second-order valence-electron chi connectivity index (χ2n) is 3.30. The summed E-state index contributed by atoms with van der Waals surface area (Å²) < 4.78 is 15.9. The normalized spacial score (nSPS) is 10.6. The van der Waals surface area contributed by atoms with E-state index in [-0.39, 0.29) is 18.8 Å². The van der Waals surface area contributed by atoms with Crippen LogP contribution in [0.1, 0.15) is 22.1 Å². The quantitative estimate of drug-likeness (QED) is 0.665. The Labute approximate surface area is 102 Å². The lowest BCUT2D eigenvalue weighted by Gasteiger charge is -2.04. The molecule has 0 aliphatic carbocycles. The van der Waals surface area contributed by atoms with Crippen LogP contribution in [-0.2, 0) is 22.6 Å². The molecular weight excluding hydrogens is 242 g/mol. The number of hydrogen-bond acceptors (Lipinski definition) is 8. The van der Waals surface area contributed by atoms with Gasteiger partial charge in [0.1, 0.15) is 6.54 Å². The van der Waals surface area contributed by atoms with Gasteiger partial charge in [0.25, 0.3) is 0 Å². The number of rotatable bonds is 5. The highest BCUT2D eigenvalue weighted by molar-refractivity contribution is 5.88. The van der Waals surface area contributed by atoms with Crippen LogP contribution in [0, 0.1) is 0 Å². The molecule has 0 aromatic carbocycles. The molecule has 2 heterocycles. The van der Waals surface area contributed by atoms with Crippen LogP contribution in [0.4, 0.5) is 0 Å². The summed E-state index contributed by atoms with van der Waals surface area (Å²) in [5, 5.41) is 11.1. The van der Waals surface area contributed by atoms with Crippen molar-refractivity contribution in [3.63, 3.8) is 0 Å². The van der Waals surface area contributed by atoms with Gasteiger partial charge in [0.05, 0.1) is 19.4 Å². The number of carbonyl (C=O) groups is 1. The minimum absolute atomic E-state index is 0.110. The average Bonchev–Trinajstić information content (AvgIpc) is 3.01. The van der Waals surface area contributed by atoms with Gasteiger partial charge in [-0.05, 0) is 0 Å². The van der Waals surface area contributed by atoms with Crippen LogP contribution in [-0.4, -0.2) is 45.3 Å². The zero-order valence-corrected chi connectivity index (χ0v) is 9.86. The number of methoxy groups -OCH3 is 2. The molecule has 0 amide bonds. The third-order valence-corrected chi connectivity index (χ3v) is 2.19. The van der Waals surface area contributed by atoms with Crippen molar-refractivity contribution in [3.05, 3.63) is 23.6 Å². The molecular formula is C9H11N5O4. The molecule has 9 nitrogen and oxygen atoms in total. The van der Waals surface area contributed by atoms with Crippen molar-refractivity contribution in [2.24, 2.45) is 0 Å². The van der Waals surface area contributed by atoms with Gasteiger partial charge in [-0.2, -0.15) is 4.98 Å². The minimum atomic E-state index is -0.571. The first-order chi connectivity index (χ1) is 8.76. The molecule has 0 aliphatic heterocycles. The summed E-state index contributed by atoms with van der Waals surface area (Å²) in [5.74, 6) is -0.215. The summed E-state index contributed by atoms with van der Waals surface area (Å²) in [7, 11) is 2.78. The molecule has 0 unspecified atom stereocenters. The number of nitrogens with zero attached hydrogens (tertiary/aromatic N) is 5. The summed E-state index contributed by atoms with van der Waals surface area (Å²) in [6, 6.07) is 0. The topological polar surface area (TPSA) is 105 Å². The van der Waals surface area contributed by atoms with E-state index < -0.39 is 5.97 Å². The molecule has 0 fully saturated rings. The van der Waals surface area contributed by atoms with Gasteiger partial charge < -0.3 is 14.0 Å². The van der Waals surface area contributed by atoms with E-state index in [9.17, 15) is 4.79 Å². The number of ether oxygens (including phenoxy) is 2. The van der Waals surface area contributed by atoms with E-state index in [1.165, 1.54) is 25.2 Å². The van der Waals surface area contributed by atoms with Gasteiger partial charge in [-0.25, -0.2) is 9.48 Å². The highest BCUT2D eigenvalue weighted by Gasteiger charge is 2.21. The molecule has 2 rings (SSSR count). The van der Waals surface area contributed by atoms with Crippen molar-refractivity contribution in [1.82, 2.24) is 25.1 Å². The number of carbonyl (C=O) groups excluding carboxylic acids is 1. The van der Waals surface area contributed by atoms with E-state index in [4.69, 9.17) is 9.26 Å². The Kier molecular flexibility index (Phi) is 3.63. The molecule has 9 heteroatoms. The summed E-state index contributed by atoms with van der Waals surface area (Å²) >= 11 is 0.